The summed E-state index contributed by atoms with van der Waals surface area (Å²) >= 11 is 0. The van der Waals surface area contributed by atoms with Crippen molar-refractivity contribution in [1.29, 1.82) is 0 Å². The van der Waals surface area contributed by atoms with Crippen molar-refractivity contribution in [2.45, 2.75) is 0 Å². The Morgan fingerprint density at radius 3 is 1.24 bits per heavy atom. The second kappa shape index (κ2) is 11.7. The minimum Gasteiger partial charge on any atom is -0.465 e. The zero-order valence-electron chi connectivity index (χ0n) is 20.7. The highest BCUT2D eigenvalue weighted by molar-refractivity contribution is 6.44. The highest BCUT2D eigenvalue weighted by atomic mass is 16.5. The standard InChI is InChI=1S/C30H24N2O6/c1-37-29(35)21-13-15-25(23(17-21)19-9-5-3-6-10-19)31-27(33)28(34)32-26-16-14-22(30(36)38-2)18-24(26)20-11-7-4-8-12-20/h3-18H,1-2H3,(H,31,33)(H,32,34). The van der Waals surface area contributed by atoms with Gasteiger partial charge in [0.05, 0.1) is 25.3 Å². The largest absolute Gasteiger partial charge is 0.465 e. The summed E-state index contributed by atoms with van der Waals surface area (Å²) in [5.74, 6) is -2.88. The van der Waals surface area contributed by atoms with E-state index < -0.39 is 23.8 Å². The van der Waals surface area contributed by atoms with Crippen LogP contribution in [-0.4, -0.2) is 38.0 Å². The average molecular weight is 509 g/mol. The highest BCUT2D eigenvalue weighted by Crippen LogP contribution is 2.31. The number of anilines is 2. The van der Waals surface area contributed by atoms with Gasteiger partial charge >= 0.3 is 23.8 Å². The van der Waals surface area contributed by atoms with Gasteiger partial charge in [-0.15, -0.1) is 0 Å². The van der Waals surface area contributed by atoms with E-state index in [0.717, 1.165) is 11.1 Å². The normalized spacial score (nSPS) is 10.3. The molecule has 0 aliphatic carbocycles. The molecule has 2 N–H and O–H groups in total. The monoisotopic (exact) mass is 508 g/mol. The first kappa shape index (κ1) is 25.8. The molecule has 0 bridgehead atoms. The van der Waals surface area contributed by atoms with Gasteiger partial charge in [-0.2, -0.15) is 0 Å². The molecule has 4 aromatic rings. The Morgan fingerprint density at radius 1 is 0.526 bits per heavy atom. The molecule has 0 atom stereocenters. The number of methoxy groups -OCH3 is 2. The minimum atomic E-state index is -0.913. The predicted octanol–water partition coefficient (Wildman–Crippen LogP) is 5.17. The van der Waals surface area contributed by atoms with E-state index in [-0.39, 0.29) is 0 Å². The number of rotatable bonds is 6. The maximum Gasteiger partial charge on any atom is 0.337 e. The van der Waals surface area contributed by atoms with E-state index in [4.69, 9.17) is 9.47 Å². The van der Waals surface area contributed by atoms with Crippen molar-refractivity contribution in [3.63, 3.8) is 0 Å². The van der Waals surface area contributed by atoms with Crippen LogP contribution in [0.25, 0.3) is 22.3 Å². The average Bonchev–Trinajstić information content (AvgIpc) is 2.97. The summed E-state index contributed by atoms with van der Waals surface area (Å²) in [6, 6.07) is 27.5. The van der Waals surface area contributed by atoms with Crippen molar-refractivity contribution in [2.75, 3.05) is 24.9 Å². The van der Waals surface area contributed by atoms with Crippen LogP contribution in [0.15, 0.2) is 97.1 Å². The van der Waals surface area contributed by atoms with Crippen LogP contribution < -0.4 is 10.6 Å². The Kier molecular flexibility index (Phi) is 7.93. The molecule has 0 radical (unpaired) electrons. The molecule has 0 aromatic heterocycles. The molecule has 0 unspecified atom stereocenters. The van der Waals surface area contributed by atoms with E-state index in [9.17, 15) is 19.2 Å². The molecule has 8 heteroatoms. The summed E-state index contributed by atoms with van der Waals surface area (Å²) in [5, 5.41) is 5.27. The number of esters is 2. The number of benzene rings is 4. The van der Waals surface area contributed by atoms with Gasteiger partial charge in [0.2, 0.25) is 0 Å². The van der Waals surface area contributed by atoms with Gasteiger partial charge in [0, 0.05) is 22.5 Å². The Morgan fingerprint density at radius 2 is 0.895 bits per heavy atom. The molecular weight excluding hydrogens is 484 g/mol. The number of hydrogen-bond donors (Lipinski definition) is 2. The predicted molar refractivity (Wildman–Crippen MR) is 144 cm³/mol. The maximum absolute atomic E-state index is 13.0. The summed E-state index contributed by atoms with van der Waals surface area (Å²) in [6.45, 7) is 0. The molecule has 38 heavy (non-hydrogen) atoms. The molecule has 0 saturated carbocycles. The lowest BCUT2D eigenvalue weighted by Crippen LogP contribution is -2.29. The zero-order chi connectivity index (χ0) is 27.1. The Hall–Kier alpha value is -5.24. The van der Waals surface area contributed by atoms with Crippen molar-refractivity contribution in [3.8, 4) is 22.3 Å². The van der Waals surface area contributed by atoms with Gasteiger partial charge in [0.25, 0.3) is 0 Å². The number of carbonyl (C=O) groups is 4. The molecule has 4 rings (SSSR count). The second-order valence-electron chi connectivity index (χ2n) is 8.14. The van der Waals surface area contributed by atoms with E-state index in [0.29, 0.717) is 33.6 Å². The molecule has 0 saturated heterocycles. The fraction of sp³-hybridized carbons (Fsp3) is 0.0667. The van der Waals surface area contributed by atoms with Crippen molar-refractivity contribution in [1.82, 2.24) is 0 Å². The number of ether oxygens (including phenoxy) is 2. The first-order valence-electron chi connectivity index (χ1n) is 11.6. The first-order valence-corrected chi connectivity index (χ1v) is 11.6. The first-order chi connectivity index (χ1) is 18.4. The number of hydrogen-bond acceptors (Lipinski definition) is 6. The SMILES string of the molecule is COC(=O)c1ccc(NC(=O)C(=O)Nc2ccc(C(=O)OC)cc2-c2ccccc2)c(-c2ccccc2)c1. The molecule has 0 aliphatic heterocycles. The van der Waals surface area contributed by atoms with Gasteiger partial charge in [-0.25, -0.2) is 9.59 Å². The van der Waals surface area contributed by atoms with Gasteiger partial charge in [0.1, 0.15) is 0 Å². The van der Waals surface area contributed by atoms with Crippen LogP contribution in [-0.2, 0) is 19.1 Å². The third-order valence-electron chi connectivity index (χ3n) is 5.75. The van der Waals surface area contributed by atoms with Crippen molar-refractivity contribution >= 4 is 35.1 Å². The van der Waals surface area contributed by atoms with Crippen LogP contribution in [0.3, 0.4) is 0 Å². The lowest BCUT2D eigenvalue weighted by molar-refractivity contribution is -0.132. The van der Waals surface area contributed by atoms with Crippen LogP contribution >= 0.6 is 0 Å². The maximum atomic E-state index is 13.0. The minimum absolute atomic E-state index is 0.298. The van der Waals surface area contributed by atoms with Gasteiger partial charge in [-0.05, 0) is 47.5 Å². The third-order valence-corrected chi connectivity index (χ3v) is 5.75. The molecule has 0 aliphatic rings. The van der Waals surface area contributed by atoms with Crippen LogP contribution in [0, 0.1) is 0 Å². The smallest absolute Gasteiger partial charge is 0.337 e. The lowest BCUT2D eigenvalue weighted by atomic mass is 10.0. The van der Waals surface area contributed by atoms with Crippen molar-refractivity contribution < 1.29 is 28.7 Å². The van der Waals surface area contributed by atoms with Crippen LogP contribution in [0.2, 0.25) is 0 Å². The van der Waals surface area contributed by atoms with E-state index in [1.165, 1.54) is 26.4 Å². The summed E-state index contributed by atoms with van der Waals surface area (Å²) in [6.07, 6.45) is 0. The fourth-order valence-electron chi connectivity index (χ4n) is 3.87. The molecule has 2 amide bonds. The third kappa shape index (κ3) is 5.76. The van der Waals surface area contributed by atoms with E-state index in [1.807, 2.05) is 60.7 Å². The molecular formula is C30H24N2O6. The number of nitrogens with one attached hydrogen (secondary N) is 2. The quantitative estimate of drug-likeness (QED) is 0.275. The van der Waals surface area contributed by atoms with Crippen LogP contribution in [0.1, 0.15) is 20.7 Å². The summed E-state index contributed by atoms with van der Waals surface area (Å²) < 4.78 is 9.62. The second-order valence-corrected chi connectivity index (χ2v) is 8.14. The van der Waals surface area contributed by atoms with Gasteiger partial charge < -0.3 is 20.1 Å². The Bertz CT molecular complexity index is 1390. The topological polar surface area (TPSA) is 111 Å². The van der Waals surface area contributed by atoms with Gasteiger partial charge in [0.15, 0.2) is 0 Å². The fourth-order valence-corrected chi connectivity index (χ4v) is 3.87. The van der Waals surface area contributed by atoms with Crippen LogP contribution in [0.4, 0.5) is 11.4 Å². The lowest BCUT2D eigenvalue weighted by Gasteiger charge is -2.15. The van der Waals surface area contributed by atoms with E-state index in [2.05, 4.69) is 10.6 Å². The molecule has 8 nitrogen and oxygen atoms in total. The van der Waals surface area contributed by atoms with Crippen molar-refractivity contribution in [3.05, 3.63) is 108 Å². The van der Waals surface area contributed by atoms with Gasteiger partial charge in [-0.3, -0.25) is 9.59 Å². The van der Waals surface area contributed by atoms with E-state index in [1.54, 1.807) is 24.3 Å². The molecule has 0 spiro atoms. The van der Waals surface area contributed by atoms with Gasteiger partial charge in [-0.1, -0.05) is 60.7 Å². The Balaban J connectivity index is 1.62. The van der Waals surface area contributed by atoms with Crippen LogP contribution in [0.5, 0.6) is 0 Å². The number of amides is 2. The van der Waals surface area contributed by atoms with E-state index >= 15 is 0 Å². The number of carbonyl (C=O) groups excluding carboxylic acids is 4. The molecule has 0 heterocycles. The van der Waals surface area contributed by atoms with Crippen molar-refractivity contribution in [2.24, 2.45) is 0 Å². The molecule has 0 fully saturated rings. The highest BCUT2D eigenvalue weighted by Gasteiger charge is 2.20. The zero-order valence-corrected chi connectivity index (χ0v) is 20.7. The molecule has 190 valence electrons. The molecule has 4 aromatic carbocycles. The Labute approximate surface area is 219 Å². The summed E-state index contributed by atoms with van der Waals surface area (Å²) in [7, 11) is 2.57. The summed E-state index contributed by atoms with van der Waals surface area (Å²) in [5.41, 5.74) is 3.84. The summed E-state index contributed by atoms with van der Waals surface area (Å²) in [4.78, 5) is 50.1.